The third-order valence-electron chi connectivity index (χ3n) is 3.59. The number of nitrogens with one attached hydrogen (secondary N) is 2. The van der Waals surface area contributed by atoms with Crippen molar-refractivity contribution >= 4 is 23.4 Å². The predicted octanol–water partition coefficient (Wildman–Crippen LogP) is 1.76. The Morgan fingerprint density at radius 3 is 2.81 bits per heavy atom. The summed E-state index contributed by atoms with van der Waals surface area (Å²) in [5, 5.41) is 2.98. The van der Waals surface area contributed by atoms with Crippen LogP contribution in [0.1, 0.15) is 48.9 Å². The lowest BCUT2D eigenvalue weighted by Gasteiger charge is -2.21. The van der Waals surface area contributed by atoms with Crippen molar-refractivity contribution in [3.05, 3.63) is 17.7 Å². The summed E-state index contributed by atoms with van der Waals surface area (Å²) in [6.45, 7) is 4.68. The average molecular weight is 309 g/mol. The van der Waals surface area contributed by atoms with E-state index in [4.69, 9.17) is 5.84 Å². The van der Waals surface area contributed by atoms with Gasteiger partial charge in [0.2, 0.25) is 0 Å². The molecule has 0 aromatic carbocycles. The van der Waals surface area contributed by atoms with Crippen LogP contribution in [0, 0.1) is 5.92 Å². The number of nitrogens with two attached hydrogens (primary N) is 1. The molecule has 116 valence electrons. The summed E-state index contributed by atoms with van der Waals surface area (Å²) < 4.78 is 0. The van der Waals surface area contributed by atoms with Crippen molar-refractivity contribution in [2.24, 2.45) is 11.8 Å². The van der Waals surface area contributed by atoms with Crippen LogP contribution in [-0.4, -0.2) is 33.9 Å². The molecule has 1 aliphatic heterocycles. The van der Waals surface area contributed by atoms with Crippen molar-refractivity contribution in [2.75, 3.05) is 23.5 Å². The number of amides is 1. The van der Waals surface area contributed by atoms with E-state index in [2.05, 4.69) is 20.7 Å². The largest absolute Gasteiger partial charge is 0.350 e. The molecule has 21 heavy (non-hydrogen) atoms. The standard InChI is InChI=1S/C14H23N5OS/c1-9(2)13-16-8-11(19-15)12(18-13)14(20)17-7-10-3-5-21-6-4-10/h8-10,19H,3-7,15H2,1-2H3,(H,17,20). The van der Waals surface area contributed by atoms with Gasteiger partial charge in [-0.1, -0.05) is 13.8 Å². The van der Waals surface area contributed by atoms with Gasteiger partial charge in [0.15, 0.2) is 5.69 Å². The number of hydrazine groups is 1. The molecular weight excluding hydrogens is 286 g/mol. The number of thioether (sulfide) groups is 1. The first-order valence-corrected chi connectivity index (χ1v) is 8.46. The molecule has 0 saturated carbocycles. The predicted molar refractivity (Wildman–Crippen MR) is 86.3 cm³/mol. The van der Waals surface area contributed by atoms with Gasteiger partial charge in [-0.3, -0.25) is 10.6 Å². The van der Waals surface area contributed by atoms with Gasteiger partial charge in [0.05, 0.1) is 11.9 Å². The van der Waals surface area contributed by atoms with Gasteiger partial charge < -0.3 is 10.7 Å². The molecular formula is C14H23N5OS. The maximum atomic E-state index is 12.3. The zero-order valence-corrected chi connectivity index (χ0v) is 13.4. The Labute approximate surface area is 129 Å². The van der Waals surface area contributed by atoms with Crippen LogP contribution in [0.4, 0.5) is 5.69 Å². The molecule has 0 radical (unpaired) electrons. The molecule has 0 aliphatic carbocycles. The fraction of sp³-hybridized carbons (Fsp3) is 0.643. The van der Waals surface area contributed by atoms with Crippen LogP contribution in [0.2, 0.25) is 0 Å². The van der Waals surface area contributed by atoms with E-state index in [9.17, 15) is 4.79 Å². The minimum Gasteiger partial charge on any atom is -0.350 e. The number of rotatable bonds is 5. The second-order valence-corrected chi connectivity index (χ2v) is 6.78. The van der Waals surface area contributed by atoms with Crippen molar-refractivity contribution in [3.8, 4) is 0 Å². The molecule has 7 heteroatoms. The van der Waals surface area contributed by atoms with E-state index in [1.807, 2.05) is 25.6 Å². The minimum atomic E-state index is -0.189. The summed E-state index contributed by atoms with van der Waals surface area (Å²) >= 11 is 1.98. The fourth-order valence-corrected chi connectivity index (χ4v) is 3.43. The van der Waals surface area contributed by atoms with Gasteiger partial charge >= 0.3 is 0 Å². The van der Waals surface area contributed by atoms with E-state index < -0.39 is 0 Å². The molecule has 1 aliphatic rings. The Balaban J connectivity index is 2.04. The number of anilines is 1. The molecule has 6 nitrogen and oxygen atoms in total. The molecule has 1 amide bonds. The van der Waals surface area contributed by atoms with Crippen LogP contribution in [-0.2, 0) is 0 Å². The third kappa shape index (κ3) is 4.31. The lowest BCUT2D eigenvalue weighted by Crippen LogP contribution is -2.32. The molecule has 1 saturated heterocycles. The Morgan fingerprint density at radius 2 is 2.19 bits per heavy atom. The van der Waals surface area contributed by atoms with Crippen LogP contribution < -0.4 is 16.6 Å². The zero-order chi connectivity index (χ0) is 15.2. The number of nitrogen functional groups attached to an aromatic ring is 1. The Morgan fingerprint density at radius 1 is 1.48 bits per heavy atom. The quantitative estimate of drug-likeness (QED) is 0.567. The highest BCUT2D eigenvalue weighted by atomic mass is 32.2. The van der Waals surface area contributed by atoms with Crippen LogP contribution in [0.25, 0.3) is 0 Å². The Hall–Kier alpha value is -1.34. The van der Waals surface area contributed by atoms with Gasteiger partial charge in [0.25, 0.3) is 5.91 Å². The smallest absolute Gasteiger partial charge is 0.272 e. The van der Waals surface area contributed by atoms with E-state index in [1.54, 1.807) is 6.20 Å². The van der Waals surface area contributed by atoms with Gasteiger partial charge in [-0.05, 0) is 30.3 Å². The maximum Gasteiger partial charge on any atom is 0.272 e. The number of carbonyl (C=O) groups is 1. The average Bonchev–Trinajstić information content (AvgIpc) is 2.52. The molecule has 1 fully saturated rings. The van der Waals surface area contributed by atoms with Crippen LogP contribution in [0.3, 0.4) is 0 Å². The minimum absolute atomic E-state index is 0.166. The van der Waals surface area contributed by atoms with Crippen LogP contribution in [0.15, 0.2) is 6.20 Å². The van der Waals surface area contributed by atoms with Crippen molar-refractivity contribution in [2.45, 2.75) is 32.6 Å². The fourth-order valence-electron chi connectivity index (χ4n) is 2.22. The second-order valence-electron chi connectivity index (χ2n) is 5.56. The lowest BCUT2D eigenvalue weighted by atomic mass is 10.0. The summed E-state index contributed by atoms with van der Waals surface area (Å²) in [4.78, 5) is 20.9. The van der Waals surface area contributed by atoms with Gasteiger partial charge in [0, 0.05) is 12.5 Å². The van der Waals surface area contributed by atoms with Gasteiger partial charge in [-0.15, -0.1) is 0 Å². The first-order valence-electron chi connectivity index (χ1n) is 7.31. The molecule has 0 bridgehead atoms. The zero-order valence-electron chi connectivity index (χ0n) is 12.6. The van der Waals surface area contributed by atoms with E-state index >= 15 is 0 Å². The van der Waals surface area contributed by atoms with Crippen LogP contribution in [0.5, 0.6) is 0 Å². The third-order valence-corrected chi connectivity index (χ3v) is 4.64. The van der Waals surface area contributed by atoms with Gasteiger partial charge in [-0.2, -0.15) is 11.8 Å². The molecule has 0 atom stereocenters. The highest BCUT2D eigenvalue weighted by Crippen LogP contribution is 2.22. The molecule has 2 heterocycles. The summed E-state index contributed by atoms with van der Waals surface area (Å²) in [6.07, 6.45) is 3.89. The number of nitrogens with zero attached hydrogens (tertiary/aromatic N) is 2. The second kappa shape index (κ2) is 7.61. The molecule has 1 aromatic rings. The van der Waals surface area contributed by atoms with Crippen molar-refractivity contribution in [3.63, 3.8) is 0 Å². The SMILES string of the molecule is CC(C)c1ncc(NN)c(C(=O)NCC2CCSCC2)n1. The topological polar surface area (TPSA) is 92.9 Å². The van der Waals surface area contributed by atoms with E-state index in [1.165, 1.54) is 11.5 Å². The number of hydrogen-bond donors (Lipinski definition) is 3. The highest BCUT2D eigenvalue weighted by molar-refractivity contribution is 7.99. The number of carbonyl (C=O) groups excluding carboxylic acids is 1. The van der Waals surface area contributed by atoms with Crippen LogP contribution >= 0.6 is 11.8 Å². The van der Waals surface area contributed by atoms with Gasteiger partial charge in [-0.25, -0.2) is 9.97 Å². The summed E-state index contributed by atoms with van der Waals surface area (Å²) in [6, 6.07) is 0. The lowest BCUT2D eigenvalue weighted by molar-refractivity contribution is 0.0941. The Bertz CT molecular complexity index is 488. The number of aromatic nitrogens is 2. The highest BCUT2D eigenvalue weighted by Gasteiger charge is 2.19. The molecule has 2 rings (SSSR count). The molecule has 1 aromatic heterocycles. The van der Waals surface area contributed by atoms with Crippen molar-refractivity contribution in [1.29, 1.82) is 0 Å². The maximum absolute atomic E-state index is 12.3. The monoisotopic (exact) mass is 309 g/mol. The number of hydrogen-bond acceptors (Lipinski definition) is 6. The summed E-state index contributed by atoms with van der Waals surface area (Å²) in [7, 11) is 0. The van der Waals surface area contributed by atoms with E-state index in [-0.39, 0.29) is 11.8 Å². The molecule has 0 spiro atoms. The van der Waals surface area contributed by atoms with E-state index in [0.717, 1.165) is 12.8 Å². The normalized spacial score (nSPS) is 16.0. The van der Waals surface area contributed by atoms with E-state index in [0.29, 0.717) is 29.7 Å². The molecule has 0 unspecified atom stereocenters. The molecule has 4 N–H and O–H groups in total. The first-order chi connectivity index (χ1) is 10.1. The first kappa shape index (κ1) is 16.0. The van der Waals surface area contributed by atoms with Crippen molar-refractivity contribution < 1.29 is 4.79 Å². The van der Waals surface area contributed by atoms with Crippen molar-refractivity contribution in [1.82, 2.24) is 15.3 Å². The Kier molecular flexibility index (Phi) is 5.81. The van der Waals surface area contributed by atoms with Gasteiger partial charge in [0.1, 0.15) is 5.82 Å². The summed E-state index contributed by atoms with van der Waals surface area (Å²) in [5.41, 5.74) is 3.27. The summed E-state index contributed by atoms with van der Waals surface area (Å²) in [5.74, 6) is 8.99.